The van der Waals surface area contributed by atoms with E-state index in [9.17, 15) is 5.11 Å². The van der Waals surface area contributed by atoms with E-state index in [0.717, 1.165) is 45.7 Å². The maximum absolute atomic E-state index is 10.2. The Morgan fingerprint density at radius 2 is 1.57 bits per heavy atom. The van der Waals surface area contributed by atoms with E-state index in [0.29, 0.717) is 38.9 Å². The number of aliphatic hydroxyl groups excluding tert-OH is 1. The summed E-state index contributed by atoms with van der Waals surface area (Å²) in [6.45, 7) is 7.59. The molecule has 1 atom stereocenters. The predicted octanol–water partition coefficient (Wildman–Crippen LogP) is -1.97. The summed E-state index contributed by atoms with van der Waals surface area (Å²) in [6, 6.07) is 0.678. The van der Waals surface area contributed by atoms with Crippen molar-refractivity contribution in [2.75, 3.05) is 93.4 Å². The van der Waals surface area contributed by atoms with E-state index >= 15 is 0 Å². The van der Waals surface area contributed by atoms with Crippen LogP contribution in [0, 0.1) is 0 Å². The van der Waals surface area contributed by atoms with Crippen molar-refractivity contribution >= 4 is 8.80 Å². The zero-order valence-corrected chi connectivity index (χ0v) is 19.0. The Kier molecular flexibility index (Phi) is 18.7. The molecular weight excluding hydrogens is 382 g/mol. The highest BCUT2D eigenvalue weighted by Gasteiger charge is 2.21. The monoisotopic (exact) mass is 425 g/mol. The molecule has 0 saturated heterocycles. The largest absolute Gasteiger partial charge is 0.527 e. The van der Waals surface area contributed by atoms with Gasteiger partial charge in [-0.25, -0.2) is 0 Å². The first kappa shape index (κ1) is 27.8. The summed E-state index contributed by atoms with van der Waals surface area (Å²) < 4.78 is 21.7. The molecule has 0 bridgehead atoms. The molecule has 0 aliphatic carbocycles. The van der Waals surface area contributed by atoms with Crippen molar-refractivity contribution in [3.05, 3.63) is 0 Å². The molecule has 0 spiro atoms. The average molecular weight is 426 g/mol. The third-order valence-corrected chi connectivity index (χ3v) is 7.17. The molecule has 7 N–H and O–H groups in total. The minimum Gasteiger partial charge on any atom is -0.527 e. The minimum atomic E-state index is -2.54. The van der Waals surface area contributed by atoms with Gasteiger partial charge in [-0.1, -0.05) is 12.5 Å². The molecule has 1 unspecified atom stereocenters. The van der Waals surface area contributed by atoms with Crippen LogP contribution in [0.15, 0.2) is 0 Å². The Labute approximate surface area is 171 Å². The smallest absolute Gasteiger partial charge is 0.280 e. The Balaban J connectivity index is 3.89. The molecule has 0 aliphatic heterocycles. The van der Waals surface area contributed by atoms with Gasteiger partial charge in [-0.15, -0.1) is 0 Å². The molecule has 0 heterocycles. The highest BCUT2D eigenvalue weighted by Crippen LogP contribution is 2.14. The van der Waals surface area contributed by atoms with Crippen molar-refractivity contribution in [3.8, 4) is 0 Å². The Hall–Kier alpha value is -0.183. The van der Waals surface area contributed by atoms with Crippen molar-refractivity contribution in [3.63, 3.8) is 0 Å². The molecule has 0 aromatic carbocycles. The van der Waals surface area contributed by atoms with Crippen molar-refractivity contribution < 1.29 is 23.1 Å². The lowest BCUT2D eigenvalue weighted by atomic mass is 10.3. The van der Waals surface area contributed by atoms with Gasteiger partial charge in [-0.2, -0.15) is 0 Å². The van der Waals surface area contributed by atoms with E-state index in [1.54, 1.807) is 21.3 Å². The summed E-state index contributed by atoms with van der Waals surface area (Å²) in [6.07, 6.45) is 0.204. The lowest BCUT2D eigenvalue weighted by Crippen LogP contribution is -2.43. The first-order valence-electron chi connectivity index (χ1n) is 10.0. The fourth-order valence-corrected chi connectivity index (χ4v) is 4.45. The van der Waals surface area contributed by atoms with Gasteiger partial charge in [0.2, 0.25) is 0 Å². The normalized spacial score (nSPS) is 13.4. The van der Waals surface area contributed by atoms with Gasteiger partial charge in [0.15, 0.2) is 0 Å². The van der Waals surface area contributed by atoms with E-state index < -0.39 is 14.9 Å². The Morgan fingerprint density at radius 3 is 2.14 bits per heavy atom. The summed E-state index contributed by atoms with van der Waals surface area (Å²) >= 11 is 0. The van der Waals surface area contributed by atoms with Crippen LogP contribution in [0.3, 0.4) is 0 Å². The second-order valence-corrected chi connectivity index (χ2v) is 9.60. The molecule has 0 aromatic rings. The fraction of sp³-hybridized carbons (Fsp3) is 1.00. The minimum absolute atomic E-state index is 0.291. The SMILES string of the molecule is CO[Si-](CCCOCC(O)CN(CCN)CCNCCNCCN)(OC)OC. The maximum atomic E-state index is 10.2. The molecule has 0 fully saturated rings. The van der Waals surface area contributed by atoms with Crippen LogP contribution in [-0.4, -0.2) is 118 Å². The van der Waals surface area contributed by atoms with Crippen molar-refractivity contribution in [1.82, 2.24) is 15.5 Å². The van der Waals surface area contributed by atoms with Gasteiger partial charge in [0.25, 0.3) is 8.80 Å². The molecule has 0 saturated carbocycles. The molecule has 0 radical (unpaired) electrons. The van der Waals surface area contributed by atoms with E-state index in [2.05, 4.69) is 15.5 Å². The standard InChI is InChI=1S/C17H43N5O5Si/c1-24-28(25-2,26-3)14-4-13-27-16-17(23)15-22(11-6-19)12-10-21-9-8-20-7-5-18/h17,20-21,23H,4-16,18-19H2,1-3H3/q-1. The van der Waals surface area contributed by atoms with Crippen LogP contribution >= 0.6 is 0 Å². The lowest BCUT2D eigenvalue weighted by molar-refractivity contribution is 0.0162. The summed E-state index contributed by atoms with van der Waals surface area (Å²) in [7, 11) is 2.25. The third-order valence-electron chi connectivity index (χ3n) is 4.33. The number of ether oxygens (including phenoxy) is 1. The van der Waals surface area contributed by atoms with E-state index in [1.165, 1.54) is 0 Å². The number of rotatable bonds is 21. The fourth-order valence-electron chi connectivity index (χ4n) is 2.76. The summed E-state index contributed by atoms with van der Waals surface area (Å²) in [5.41, 5.74) is 11.1. The zero-order valence-electron chi connectivity index (χ0n) is 18.0. The highest BCUT2D eigenvalue weighted by molar-refractivity contribution is 6.60. The van der Waals surface area contributed by atoms with Gasteiger partial charge in [0.05, 0.1) is 12.7 Å². The van der Waals surface area contributed by atoms with Gasteiger partial charge in [-0.05, 0) is 21.3 Å². The lowest BCUT2D eigenvalue weighted by Gasteiger charge is -2.38. The van der Waals surface area contributed by atoms with Crippen LogP contribution < -0.4 is 22.1 Å². The molecule has 11 heteroatoms. The van der Waals surface area contributed by atoms with Gasteiger partial charge in [-0.3, -0.25) is 4.90 Å². The predicted molar refractivity (Wildman–Crippen MR) is 113 cm³/mol. The maximum Gasteiger partial charge on any atom is 0.280 e. The van der Waals surface area contributed by atoms with Gasteiger partial charge < -0.3 is 45.2 Å². The van der Waals surface area contributed by atoms with E-state index in [4.69, 9.17) is 29.5 Å². The van der Waals surface area contributed by atoms with Crippen LogP contribution in [-0.2, 0) is 18.0 Å². The van der Waals surface area contributed by atoms with Crippen LogP contribution in [0.4, 0.5) is 0 Å². The molecule has 10 nitrogen and oxygen atoms in total. The first-order chi connectivity index (χ1) is 13.6. The summed E-state index contributed by atoms with van der Waals surface area (Å²) in [4.78, 5) is 2.15. The topological polar surface area (TPSA) is 136 Å². The third kappa shape index (κ3) is 13.9. The number of hydrogen-bond donors (Lipinski definition) is 5. The van der Waals surface area contributed by atoms with Gasteiger partial charge in [0, 0.05) is 65.5 Å². The molecule has 0 aromatic heterocycles. The van der Waals surface area contributed by atoms with E-state index in [1.807, 2.05) is 0 Å². The number of nitrogens with two attached hydrogens (primary N) is 2. The molecule has 0 amide bonds. The van der Waals surface area contributed by atoms with Crippen LogP contribution in [0.25, 0.3) is 0 Å². The van der Waals surface area contributed by atoms with Crippen LogP contribution in [0.2, 0.25) is 6.04 Å². The number of nitrogens with one attached hydrogen (secondary N) is 2. The Bertz CT molecular complexity index is 335. The first-order valence-corrected chi connectivity index (χ1v) is 12.0. The number of aliphatic hydroxyl groups is 1. The summed E-state index contributed by atoms with van der Waals surface area (Å²) in [5.74, 6) is 0. The highest BCUT2D eigenvalue weighted by atomic mass is 28.4. The molecule has 28 heavy (non-hydrogen) atoms. The second-order valence-electron chi connectivity index (χ2n) is 6.51. The zero-order chi connectivity index (χ0) is 21.1. The van der Waals surface area contributed by atoms with Crippen LogP contribution in [0.1, 0.15) is 6.42 Å². The Morgan fingerprint density at radius 1 is 0.929 bits per heavy atom. The average Bonchev–Trinajstić information content (AvgIpc) is 2.70. The number of hydrogen-bond acceptors (Lipinski definition) is 10. The van der Waals surface area contributed by atoms with Crippen LogP contribution in [0.5, 0.6) is 0 Å². The van der Waals surface area contributed by atoms with Crippen molar-refractivity contribution in [1.29, 1.82) is 0 Å². The summed E-state index contributed by atoms with van der Waals surface area (Å²) in [5, 5.41) is 16.8. The quantitative estimate of drug-likeness (QED) is 0.104. The molecular formula is C17H43N5O5Si-. The molecule has 0 rings (SSSR count). The second kappa shape index (κ2) is 18.8. The van der Waals surface area contributed by atoms with Crippen molar-refractivity contribution in [2.24, 2.45) is 11.5 Å². The molecule has 171 valence electrons. The van der Waals surface area contributed by atoms with Gasteiger partial charge in [0.1, 0.15) is 0 Å². The number of nitrogens with zero attached hydrogens (tertiary/aromatic N) is 1. The molecule has 0 aliphatic rings. The van der Waals surface area contributed by atoms with Crippen molar-refractivity contribution in [2.45, 2.75) is 18.6 Å². The van der Waals surface area contributed by atoms with E-state index in [-0.39, 0.29) is 0 Å². The van der Waals surface area contributed by atoms with Gasteiger partial charge >= 0.3 is 0 Å².